The van der Waals surface area contributed by atoms with Gasteiger partial charge in [0.1, 0.15) is 5.82 Å². The third-order valence-corrected chi connectivity index (χ3v) is 3.57. The Morgan fingerprint density at radius 3 is 2.11 bits per heavy atom. The summed E-state index contributed by atoms with van der Waals surface area (Å²) in [4.78, 5) is 9.20. The van der Waals surface area contributed by atoms with E-state index in [2.05, 4.69) is 56.8 Å². The van der Waals surface area contributed by atoms with E-state index in [0.717, 1.165) is 35.3 Å². The van der Waals surface area contributed by atoms with Gasteiger partial charge in [-0.3, -0.25) is 0 Å². The Bertz CT molecular complexity index is 374. The molecule has 1 aromatic heterocycles. The molecule has 0 aliphatic carbocycles. The van der Waals surface area contributed by atoms with Crippen LogP contribution in [0.4, 0.5) is 0 Å². The van der Waals surface area contributed by atoms with Crippen molar-refractivity contribution in [3.63, 3.8) is 0 Å². The molecule has 1 heterocycles. The number of nitrogens with zero attached hydrogens (tertiary/aromatic N) is 2. The van der Waals surface area contributed by atoms with E-state index in [4.69, 9.17) is 0 Å². The first-order chi connectivity index (χ1) is 8.33. The van der Waals surface area contributed by atoms with Crippen molar-refractivity contribution in [1.29, 1.82) is 0 Å². The Hall–Kier alpha value is -0.610. The lowest BCUT2D eigenvalue weighted by atomic mass is 10.1. The molecule has 0 aromatic carbocycles. The van der Waals surface area contributed by atoms with Gasteiger partial charge in [-0.2, -0.15) is 11.8 Å². The first kappa shape index (κ1) is 15.4. The second kappa shape index (κ2) is 6.53. The van der Waals surface area contributed by atoms with Crippen LogP contribution in [0.5, 0.6) is 0 Å². The average Bonchev–Trinajstić information content (AvgIpc) is 2.23. The molecule has 1 rings (SSSR count). The molecule has 4 heteroatoms. The van der Waals surface area contributed by atoms with Crippen LogP contribution in [0.2, 0.25) is 0 Å². The minimum absolute atomic E-state index is 0.121. The first-order valence-corrected chi connectivity index (χ1v) is 7.64. The quantitative estimate of drug-likeness (QED) is 0.889. The molecule has 102 valence electrons. The topological polar surface area (TPSA) is 37.8 Å². The van der Waals surface area contributed by atoms with Crippen LogP contribution in [0.25, 0.3) is 0 Å². The zero-order chi connectivity index (χ0) is 13.8. The highest BCUT2D eigenvalue weighted by Crippen LogP contribution is 2.15. The van der Waals surface area contributed by atoms with Crippen LogP contribution >= 0.6 is 11.8 Å². The summed E-state index contributed by atoms with van der Waals surface area (Å²) in [6.45, 7) is 13.7. The third kappa shape index (κ3) is 4.94. The molecule has 3 nitrogen and oxygen atoms in total. The van der Waals surface area contributed by atoms with Crippen LogP contribution in [0.15, 0.2) is 0 Å². The Kier molecular flexibility index (Phi) is 5.60. The highest BCUT2D eigenvalue weighted by Gasteiger charge is 2.13. The largest absolute Gasteiger partial charge is 0.308 e. The van der Waals surface area contributed by atoms with Gasteiger partial charge in [-0.05, 0) is 40.4 Å². The lowest BCUT2D eigenvalue weighted by molar-refractivity contribution is 0.422. The zero-order valence-corrected chi connectivity index (χ0v) is 13.2. The van der Waals surface area contributed by atoms with Gasteiger partial charge < -0.3 is 5.32 Å². The van der Waals surface area contributed by atoms with Crippen LogP contribution in [-0.4, -0.2) is 21.3 Å². The summed E-state index contributed by atoms with van der Waals surface area (Å²) in [5.41, 5.74) is 3.56. The molecule has 0 aliphatic rings. The summed E-state index contributed by atoms with van der Waals surface area (Å²) in [5, 5.41) is 3.50. The van der Waals surface area contributed by atoms with Crippen molar-refractivity contribution < 1.29 is 0 Å². The van der Waals surface area contributed by atoms with Crippen molar-refractivity contribution in [3.05, 3.63) is 22.8 Å². The number of thioether (sulfide) groups is 1. The molecule has 0 fully saturated rings. The van der Waals surface area contributed by atoms with E-state index in [0.29, 0.717) is 0 Å². The molecule has 1 aromatic rings. The van der Waals surface area contributed by atoms with E-state index in [1.165, 1.54) is 5.56 Å². The van der Waals surface area contributed by atoms with E-state index in [9.17, 15) is 0 Å². The molecule has 0 saturated carbocycles. The van der Waals surface area contributed by atoms with Crippen molar-refractivity contribution in [2.24, 2.45) is 0 Å². The second-order valence-electron chi connectivity index (χ2n) is 5.53. The van der Waals surface area contributed by atoms with Gasteiger partial charge in [0.25, 0.3) is 0 Å². The minimum atomic E-state index is 0.121. The fraction of sp³-hybridized carbons (Fsp3) is 0.714. The van der Waals surface area contributed by atoms with Crippen LogP contribution in [-0.2, 0) is 12.3 Å². The molecule has 1 N–H and O–H groups in total. The molecule has 0 radical (unpaired) electrons. The van der Waals surface area contributed by atoms with Crippen LogP contribution in [0.3, 0.4) is 0 Å². The van der Waals surface area contributed by atoms with E-state index in [1.54, 1.807) is 0 Å². The molecular weight excluding hydrogens is 242 g/mol. The van der Waals surface area contributed by atoms with Crippen LogP contribution in [0, 0.1) is 13.8 Å². The fourth-order valence-electron chi connectivity index (χ4n) is 1.68. The van der Waals surface area contributed by atoms with Gasteiger partial charge in [0.05, 0.1) is 5.75 Å². The van der Waals surface area contributed by atoms with E-state index >= 15 is 0 Å². The van der Waals surface area contributed by atoms with Gasteiger partial charge in [-0.25, -0.2) is 9.97 Å². The first-order valence-electron chi connectivity index (χ1n) is 6.49. The predicted octanol–water partition coefficient (Wildman–Crippen LogP) is 3.23. The van der Waals surface area contributed by atoms with Gasteiger partial charge in [-0.1, -0.05) is 6.92 Å². The monoisotopic (exact) mass is 267 g/mol. The van der Waals surface area contributed by atoms with Crippen LogP contribution < -0.4 is 5.32 Å². The maximum absolute atomic E-state index is 4.60. The van der Waals surface area contributed by atoms with Crippen molar-refractivity contribution in [2.45, 2.75) is 59.4 Å². The van der Waals surface area contributed by atoms with Crippen molar-refractivity contribution in [1.82, 2.24) is 15.3 Å². The third-order valence-electron chi connectivity index (χ3n) is 2.70. The molecule has 0 unspecified atom stereocenters. The summed E-state index contributed by atoms with van der Waals surface area (Å²) in [5.74, 6) is 2.97. The second-order valence-corrected chi connectivity index (χ2v) is 6.80. The average molecular weight is 267 g/mol. The van der Waals surface area contributed by atoms with E-state index in [1.807, 2.05) is 11.8 Å². The minimum Gasteiger partial charge on any atom is -0.308 e. The summed E-state index contributed by atoms with van der Waals surface area (Å²) in [6, 6.07) is 0. The van der Waals surface area contributed by atoms with Gasteiger partial charge in [-0.15, -0.1) is 0 Å². The number of aryl methyl sites for hydroxylation is 2. The molecule has 0 saturated heterocycles. The Balaban J connectivity index is 2.81. The van der Waals surface area contributed by atoms with Gasteiger partial charge in [0, 0.05) is 29.0 Å². The maximum Gasteiger partial charge on any atom is 0.138 e. The summed E-state index contributed by atoms with van der Waals surface area (Å²) >= 11 is 1.86. The highest BCUT2D eigenvalue weighted by molar-refractivity contribution is 7.98. The summed E-state index contributed by atoms with van der Waals surface area (Å²) < 4.78 is 0. The molecule has 18 heavy (non-hydrogen) atoms. The smallest absolute Gasteiger partial charge is 0.138 e. The van der Waals surface area contributed by atoms with Gasteiger partial charge in [0.2, 0.25) is 0 Å². The normalized spacial score (nSPS) is 11.9. The van der Waals surface area contributed by atoms with E-state index in [-0.39, 0.29) is 5.54 Å². The molecule has 0 aliphatic heterocycles. The maximum atomic E-state index is 4.60. The van der Waals surface area contributed by atoms with E-state index < -0.39 is 0 Å². The Morgan fingerprint density at radius 2 is 1.67 bits per heavy atom. The molecular formula is C14H25N3S. The molecule has 0 spiro atoms. The van der Waals surface area contributed by atoms with Gasteiger partial charge in [0.15, 0.2) is 0 Å². The molecule has 0 amide bonds. The molecule has 0 bridgehead atoms. The standard InChI is InChI=1S/C14H25N3S/c1-7-18-9-13-16-10(2)12(11(3)17-13)8-15-14(4,5)6/h15H,7-9H2,1-6H3. The predicted molar refractivity (Wildman–Crippen MR) is 79.9 cm³/mol. The van der Waals surface area contributed by atoms with Crippen molar-refractivity contribution in [3.8, 4) is 0 Å². The van der Waals surface area contributed by atoms with Gasteiger partial charge >= 0.3 is 0 Å². The molecule has 0 atom stereocenters. The SMILES string of the molecule is CCSCc1nc(C)c(CNC(C)(C)C)c(C)n1. The number of hydrogen-bond donors (Lipinski definition) is 1. The number of hydrogen-bond acceptors (Lipinski definition) is 4. The zero-order valence-electron chi connectivity index (χ0n) is 12.4. The number of nitrogens with one attached hydrogen (secondary N) is 1. The highest BCUT2D eigenvalue weighted by atomic mass is 32.2. The van der Waals surface area contributed by atoms with Crippen molar-refractivity contribution in [2.75, 3.05) is 5.75 Å². The Morgan fingerprint density at radius 1 is 1.11 bits per heavy atom. The summed E-state index contributed by atoms with van der Waals surface area (Å²) in [6.07, 6.45) is 0. The lowest BCUT2D eigenvalue weighted by Gasteiger charge is -2.22. The number of rotatable bonds is 5. The number of aromatic nitrogens is 2. The fourth-order valence-corrected chi connectivity index (χ4v) is 2.19. The lowest BCUT2D eigenvalue weighted by Crippen LogP contribution is -2.35. The Labute approximate surface area is 115 Å². The summed E-state index contributed by atoms with van der Waals surface area (Å²) in [7, 11) is 0. The van der Waals surface area contributed by atoms with Crippen molar-refractivity contribution >= 4 is 11.8 Å². The van der Waals surface area contributed by atoms with Crippen LogP contribution in [0.1, 0.15) is 50.5 Å².